The minimum Gasteiger partial charge on any atom is -0.456 e. The molecule has 1 spiro atoms. The van der Waals surface area contributed by atoms with Gasteiger partial charge in [0.1, 0.15) is 11.5 Å². The molecule has 1 amide bonds. The van der Waals surface area contributed by atoms with E-state index < -0.39 is 17.7 Å². The van der Waals surface area contributed by atoms with Crippen molar-refractivity contribution < 1.29 is 23.8 Å². The van der Waals surface area contributed by atoms with E-state index in [1.54, 1.807) is 11.0 Å². The van der Waals surface area contributed by atoms with Gasteiger partial charge in [0, 0.05) is 42.5 Å². The van der Waals surface area contributed by atoms with Crippen LogP contribution in [0.3, 0.4) is 0 Å². The van der Waals surface area contributed by atoms with Crippen LogP contribution in [0.2, 0.25) is 0 Å². The average molecular weight is 535 g/mol. The number of anilines is 3. The SMILES string of the molecule is COC(=O)N(c1ccc(C)c(C)c1)c1cc2c(cc1C)Oc1cc(N(C)C)ccc1C21OC(=O)c2ccccc21. The normalized spacial score (nSPS) is 16.4. The molecule has 4 aromatic carbocycles. The summed E-state index contributed by atoms with van der Waals surface area (Å²) in [5.74, 6) is 0.751. The van der Waals surface area contributed by atoms with Crippen molar-refractivity contribution in [3.63, 3.8) is 0 Å². The summed E-state index contributed by atoms with van der Waals surface area (Å²) in [6.45, 7) is 5.95. The highest BCUT2D eigenvalue weighted by Gasteiger charge is 2.54. The first-order chi connectivity index (χ1) is 19.1. The third kappa shape index (κ3) is 3.65. The quantitative estimate of drug-likeness (QED) is 0.260. The Balaban J connectivity index is 1.64. The van der Waals surface area contributed by atoms with Crippen LogP contribution in [-0.2, 0) is 15.1 Å². The number of nitrogens with zero attached hydrogens (tertiary/aromatic N) is 2. The van der Waals surface area contributed by atoms with Gasteiger partial charge in [0.05, 0.1) is 24.0 Å². The van der Waals surface area contributed by atoms with Gasteiger partial charge in [0.2, 0.25) is 0 Å². The Morgan fingerprint density at radius 2 is 1.50 bits per heavy atom. The van der Waals surface area contributed by atoms with Gasteiger partial charge in [-0.05, 0) is 79.9 Å². The molecule has 4 aromatic rings. The van der Waals surface area contributed by atoms with Gasteiger partial charge in [-0.15, -0.1) is 0 Å². The maximum absolute atomic E-state index is 13.3. The van der Waals surface area contributed by atoms with Crippen LogP contribution in [-0.4, -0.2) is 33.3 Å². The molecule has 0 N–H and O–H groups in total. The lowest BCUT2D eigenvalue weighted by Gasteiger charge is -2.38. The van der Waals surface area contributed by atoms with Crippen molar-refractivity contribution in [2.24, 2.45) is 0 Å². The molecule has 0 fully saturated rings. The van der Waals surface area contributed by atoms with E-state index in [0.29, 0.717) is 34.0 Å². The summed E-state index contributed by atoms with van der Waals surface area (Å²) in [6, 6.07) is 22.9. The molecule has 202 valence electrons. The van der Waals surface area contributed by atoms with Crippen LogP contribution in [0.15, 0.2) is 72.8 Å². The van der Waals surface area contributed by atoms with Crippen molar-refractivity contribution in [2.45, 2.75) is 26.4 Å². The number of aryl methyl sites for hydroxylation is 3. The van der Waals surface area contributed by atoms with Gasteiger partial charge in [-0.2, -0.15) is 0 Å². The summed E-state index contributed by atoms with van der Waals surface area (Å²) in [5.41, 5.74) is 6.51. The van der Waals surface area contributed by atoms with Crippen molar-refractivity contribution in [2.75, 3.05) is 31.0 Å². The first kappa shape index (κ1) is 25.5. The van der Waals surface area contributed by atoms with E-state index >= 15 is 0 Å². The number of benzene rings is 4. The van der Waals surface area contributed by atoms with Gasteiger partial charge in [-0.3, -0.25) is 0 Å². The minimum atomic E-state index is -1.26. The van der Waals surface area contributed by atoms with Crippen LogP contribution in [0, 0.1) is 20.8 Å². The Hall–Kier alpha value is -4.78. The van der Waals surface area contributed by atoms with Crippen LogP contribution >= 0.6 is 0 Å². The summed E-state index contributed by atoms with van der Waals surface area (Å²) in [5, 5.41) is 0. The highest BCUT2D eigenvalue weighted by atomic mass is 16.6. The third-order valence-electron chi connectivity index (χ3n) is 7.88. The van der Waals surface area contributed by atoms with Crippen LogP contribution in [0.25, 0.3) is 0 Å². The first-order valence-electron chi connectivity index (χ1n) is 13.1. The number of methoxy groups -OCH3 is 1. The standard InChI is InChI=1S/C33H30N2O5/c1-19-11-12-23(15-20(19)2)35(32(37)38-6)28-18-27-29(16-21(28)3)39-30-17-22(34(4)5)13-14-26(30)33(27)25-10-8-7-9-24(25)31(36)40-33/h7-18H,1-6H3. The third-order valence-corrected chi connectivity index (χ3v) is 7.88. The molecule has 1 unspecified atom stereocenters. The Morgan fingerprint density at radius 3 is 2.23 bits per heavy atom. The molecule has 6 rings (SSSR count). The highest BCUT2D eigenvalue weighted by Crippen LogP contribution is 2.57. The van der Waals surface area contributed by atoms with E-state index in [2.05, 4.69) is 0 Å². The zero-order chi connectivity index (χ0) is 28.3. The van der Waals surface area contributed by atoms with Crippen LogP contribution in [0.4, 0.5) is 21.9 Å². The lowest BCUT2D eigenvalue weighted by atomic mass is 9.77. The smallest absolute Gasteiger partial charge is 0.418 e. The van der Waals surface area contributed by atoms with Gasteiger partial charge < -0.3 is 19.1 Å². The molecule has 0 saturated heterocycles. The second-order valence-corrected chi connectivity index (χ2v) is 10.5. The molecular formula is C33H30N2O5. The monoisotopic (exact) mass is 534 g/mol. The van der Waals surface area contributed by atoms with Gasteiger partial charge >= 0.3 is 12.1 Å². The number of esters is 1. The summed E-state index contributed by atoms with van der Waals surface area (Å²) in [4.78, 5) is 30.1. The van der Waals surface area contributed by atoms with Crippen molar-refractivity contribution in [1.82, 2.24) is 0 Å². The summed E-state index contributed by atoms with van der Waals surface area (Å²) in [6.07, 6.45) is -0.531. The minimum absolute atomic E-state index is 0.410. The van der Waals surface area contributed by atoms with Gasteiger partial charge in [0.15, 0.2) is 5.60 Å². The number of carbonyl (C=O) groups is 2. The Kier molecular flexibility index (Phi) is 5.84. The number of hydrogen-bond donors (Lipinski definition) is 0. The van der Waals surface area contributed by atoms with Crippen LogP contribution < -0.4 is 14.5 Å². The van der Waals surface area contributed by atoms with Crippen molar-refractivity contribution >= 4 is 29.1 Å². The lowest BCUT2D eigenvalue weighted by molar-refractivity contribution is 0.0224. The fourth-order valence-electron chi connectivity index (χ4n) is 5.61. The number of rotatable bonds is 3. The van der Waals surface area contributed by atoms with E-state index in [-0.39, 0.29) is 0 Å². The van der Waals surface area contributed by atoms with E-state index in [4.69, 9.17) is 14.2 Å². The van der Waals surface area contributed by atoms with Crippen molar-refractivity contribution in [3.8, 4) is 11.5 Å². The van der Waals surface area contributed by atoms with Crippen LogP contribution in [0.1, 0.15) is 43.7 Å². The maximum Gasteiger partial charge on any atom is 0.418 e. The maximum atomic E-state index is 13.3. The molecule has 0 aromatic heterocycles. The van der Waals surface area contributed by atoms with E-state index in [1.165, 1.54) is 7.11 Å². The fourth-order valence-corrected chi connectivity index (χ4v) is 5.61. The molecule has 0 bridgehead atoms. The summed E-state index contributed by atoms with van der Waals surface area (Å²) >= 11 is 0. The molecule has 7 heteroatoms. The molecule has 1 atom stereocenters. The second kappa shape index (κ2) is 9.16. The molecule has 2 heterocycles. The molecular weight excluding hydrogens is 504 g/mol. The highest BCUT2D eigenvalue weighted by molar-refractivity contribution is 5.99. The Labute approximate surface area is 233 Å². The van der Waals surface area contributed by atoms with Crippen LogP contribution in [0.5, 0.6) is 11.5 Å². The number of ether oxygens (including phenoxy) is 3. The molecule has 0 aliphatic carbocycles. The predicted octanol–water partition coefficient (Wildman–Crippen LogP) is 7.15. The van der Waals surface area contributed by atoms with Gasteiger partial charge in [-0.25, -0.2) is 14.5 Å². The Morgan fingerprint density at radius 1 is 0.775 bits per heavy atom. The van der Waals surface area contributed by atoms with Gasteiger partial charge in [0.25, 0.3) is 0 Å². The lowest BCUT2D eigenvalue weighted by Crippen LogP contribution is -2.34. The van der Waals surface area contributed by atoms with E-state index in [1.807, 2.05) is 106 Å². The first-order valence-corrected chi connectivity index (χ1v) is 13.1. The number of carbonyl (C=O) groups excluding carboxylic acids is 2. The second-order valence-electron chi connectivity index (χ2n) is 10.5. The van der Waals surface area contributed by atoms with Gasteiger partial charge in [-0.1, -0.05) is 24.3 Å². The average Bonchev–Trinajstić information content (AvgIpc) is 3.23. The largest absolute Gasteiger partial charge is 0.456 e. The Bertz CT molecular complexity index is 1710. The molecule has 2 aliphatic rings. The molecule has 7 nitrogen and oxygen atoms in total. The number of fused-ring (bicyclic) bond motifs is 6. The molecule has 40 heavy (non-hydrogen) atoms. The van der Waals surface area contributed by atoms with E-state index in [0.717, 1.165) is 33.5 Å². The molecule has 2 aliphatic heterocycles. The predicted molar refractivity (Wildman–Crippen MR) is 154 cm³/mol. The zero-order valence-electron chi connectivity index (χ0n) is 23.4. The van der Waals surface area contributed by atoms with E-state index in [9.17, 15) is 9.59 Å². The topological polar surface area (TPSA) is 68.3 Å². The molecule has 0 radical (unpaired) electrons. The fraction of sp³-hybridized carbons (Fsp3) is 0.212. The molecule has 0 saturated carbocycles. The number of amides is 1. The summed E-state index contributed by atoms with van der Waals surface area (Å²) < 4.78 is 18.1. The van der Waals surface area contributed by atoms with Crippen molar-refractivity contribution in [3.05, 3.63) is 112 Å². The van der Waals surface area contributed by atoms with Crippen molar-refractivity contribution in [1.29, 1.82) is 0 Å². The summed E-state index contributed by atoms with van der Waals surface area (Å²) in [7, 11) is 5.29. The zero-order valence-corrected chi connectivity index (χ0v) is 23.4. The number of hydrogen-bond acceptors (Lipinski definition) is 6.